The van der Waals surface area contributed by atoms with Crippen molar-refractivity contribution in [3.05, 3.63) is 23.8 Å². The molecule has 2 aromatic rings. The molecule has 0 unspecified atom stereocenters. The van der Waals surface area contributed by atoms with Gasteiger partial charge in [0.2, 0.25) is 5.91 Å². The molecule has 2 rings (SSSR count). The van der Waals surface area contributed by atoms with E-state index in [0.29, 0.717) is 11.7 Å². The maximum Gasteiger partial charge on any atom is 0.313 e. The molecule has 0 aliphatic rings. The molecule has 0 spiro atoms. The van der Waals surface area contributed by atoms with Gasteiger partial charge in [-0.1, -0.05) is 23.9 Å². The van der Waals surface area contributed by atoms with Gasteiger partial charge in [0.15, 0.2) is 5.16 Å². The normalized spacial score (nSPS) is 10.8. The number of imidazole rings is 1. The number of aliphatic carboxylic acids is 1. The summed E-state index contributed by atoms with van der Waals surface area (Å²) in [4.78, 5) is 26.1. The van der Waals surface area contributed by atoms with Crippen LogP contribution in [0.15, 0.2) is 23.4 Å². The zero-order chi connectivity index (χ0) is 14.7. The molecule has 106 valence electrons. The van der Waals surface area contributed by atoms with Gasteiger partial charge in [0.25, 0.3) is 0 Å². The van der Waals surface area contributed by atoms with E-state index in [1.54, 1.807) is 0 Å². The maximum absolute atomic E-state index is 11.0. The first-order valence-electron chi connectivity index (χ1n) is 6.08. The molecule has 0 saturated carbocycles. The van der Waals surface area contributed by atoms with E-state index in [0.717, 1.165) is 28.4 Å². The molecule has 0 fully saturated rings. The smallest absolute Gasteiger partial charge is 0.313 e. The molecule has 7 heteroatoms. The van der Waals surface area contributed by atoms with Crippen LogP contribution in [0, 0.1) is 6.92 Å². The number of para-hydroxylation sites is 1. The van der Waals surface area contributed by atoms with Gasteiger partial charge < -0.3 is 15.4 Å². The third kappa shape index (κ3) is 3.11. The molecule has 1 aromatic carbocycles. The molecule has 3 N–H and O–H groups in total. The molecular formula is C13H15N3O3S. The summed E-state index contributed by atoms with van der Waals surface area (Å²) in [5, 5.41) is 9.38. The van der Waals surface area contributed by atoms with Crippen LogP contribution in [-0.4, -0.2) is 32.3 Å². The Morgan fingerprint density at radius 2 is 2.20 bits per heavy atom. The number of carbonyl (C=O) groups is 2. The zero-order valence-corrected chi connectivity index (χ0v) is 11.8. The number of primary amides is 1. The van der Waals surface area contributed by atoms with Gasteiger partial charge >= 0.3 is 5.97 Å². The van der Waals surface area contributed by atoms with Crippen LogP contribution in [0.5, 0.6) is 0 Å². The minimum absolute atomic E-state index is 0.0705. The summed E-state index contributed by atoms with van der Waals surface area (Å²) in [6.07, 6.45) is 0.194. The van der Waals surface area contributed by atoms with Crippen molar-refractivity contribution in [2.45, 2.75) is 25.0 Å². The largest absolute Gasteiger partial charge is 0.481 e. The second-order valence-corrected chi connectivity index (χ2v) is 5.33. The lowest BCUT2D eigenvalue weighted by Gasteiger charge is -2.06. The number of rotatable bonds is 6. The number of aryl methyl sites for hydroxylation is 2. The number of aromatic nitrogens is 2. The van der Waals surface area contributed by atoms with Crippen LogP contribution in [0.3, 0.4) is 0 Å². The summed E-state index contributed by atoms with van der Waals surface area (Å²) in [5.41, 5.74) is 7.91. The Balaban J connectivity index is 2.42. The fourth-order valence-corrected chi connectivity index (χ4v) is 2.69. The van der Waals surface area contributed by atoms with Crippen molar-refractivity contribution in [3.8, 4) is 0 Å². The molecule has 1 heterocycles. The van der Waals surface area contributed by atoms with Crippen molar-refractivity contribution in [2.24, 2.45) is 5.73 Å². The molecule has 0 bridgehead atoms. The highest BCUT2D eigenvalue weighted by Crippen LogP contribution is 2.26. The Morgan fingerprint density at radius 3 is 2.85 bits per heavy atom. The average molecular weight is 293 g/mol. The number of carbonyl (C=O) groups excluding carboxylic acids is 1. The zero-order valence-electron chi connectivity index (χ0n) is 11.0. The van der Waals surface area contributed by atoms with Crippen LogP contribution in [0.25, 0.3) is 11.0 Å². The third-order valence-electron chi connectivity index (χ3n) is 2.85. The lowest BCUT2D eigenvalue weighted by Crippen LogP contribution is -2.14. The van der Waals surface area contributed by atoms with Crippen LogP contribution < -0.4 is 5.73 Å². The van der Waals surface area contributed by atoms with Crippen LogP contribution >= 0.6 is 11.8 Å². The van der Waals surface area contributed by atoms with Crippen molar-refractivity contribution in [2.75, 3.05) is 5.75 Å². The number of carboxylic acids is 1. The SMILES string of the molecule is Cc1cccc2c1nc(SCC(=O)O)n2CCC(N)=O. The van der Waals surface area contributed by atoms with E-state index in [1.165, 1.54) is 0 Å². The number of hydrogen-bond acceptors (Lipinski definition) is 4. The predicted molar refractivity (Wildman–Crippen MR) is 76.6 cm³/mol. The fraction of sp³-hybridized carbons (Fsp3) is 0.308. The maximum atomic E-state index is 11.0. The number of benzene rings is 1. The van der Waals surface area contributed by atoms with Gasteiger partial charge in [-0.15, -0.1) is 0 Å². The van der Waals surface area contributed by atoms with E-state index in [-0.39, 0.29) is 12.2 Å². The molecule has 0 aliphatic heterocycles. The van der Waals surface area contributed by atoms with Crippen molar-refractivity contribution in [3.63, 3.8) is 0 Å². The summed E-state index contributed by atoms with van der Waals surface area (Å²) >= 11 is 1.14. The summed E-state index contributed by atoms with van der Waals surface area (Å²) < 4.78 is 1.85. The quantitative estimate of drug-likeness (QED) is 0.784. The first kappa shape index (κ1) is 14.4. The van der Waals surface area contributed by atoms with Crippen LogP contribution in [-0.2, 0) is 16.1 Å². The van der Waals surface area contributed by atoms with Gasteiger partial charge in [0.05, 0.1) is 16.8 Å². The van der Waals surface area contributed by atoms with E-state index in [4.69, 9.17) is 10.8 Å². The van der Waals surface area contributed by atoms with Crippen molar-refractivity contribution < 1.29 is 14.7 Å². The minimum Gasteiger partial charge on any atom is -0.481 e. The molecular weight excluding hydrogens is 278 g/mol. The second kappa shape index (κ2) is 5.96. The van der Waals surface area contributed by atoms with E-state index in [9.17, 15) is 9.59 Å². The van der Waals surface area contributed by atoms with Crippen LogP contribution in [0.2, 0.25) is 0 Å². The highest BCUT2D eigenvalue weighted by Gasteiger charge is 2.14. The van der Waals surface area contributed by atoms with Crippen molar-refractivity contribution in [1.82, 2.24) is 9.55 Å². The van der Waals surface area contributed by atoms with E-state index >= 15 is 0 Å². The third-order valence-corrected chi connectivity index (χ3v) is 3.81. The number of thioether (sulfide) groups is 1. The summed E-state index contributed by atoms with van der Waals surface area (Å²) in [5.74, 6) is -1.37. The lowest BCUT2D eigenvalue weighted by atomic mass is 10.2. The van der Waals surface area contributed by atoms with Gasteiger partial charge in [-0.05, 0) is 18.6 Å². The van der Waals surface area contributed by atoms with E-state index in [1.807, 2.05) is 29.7 Å². The molecule has 0 atom stereocenters. The molecule has 1 aromatic heterocycles. The van der Waals surface area contributed by atoms with Gasteiger partial charge in [0.1, 0.15) is 0 Å². The topological polar surface area (TPSA) is 98.2 Å². The van der Waals surface area contributed by atoms with Gasteiger partial charge in [-0.25, -0.2) is 4.98 Å². The number of carboxylic acid groups (broad SMARTS) is 1. The van der Waals surface area contributed by atoms with E-state index in [2.05, 4.69) is 4.98 Å². The number of nitrogens with zero attached hydrogens (tertiary/aromatic N) is 2. The molecule has 0 radical (unpaired) electrons. The fourth-order valence-electron chi connectivity index (χ4n) is 1.94. The Kier molecular flexibility index (Phi) is 4.29. The molecule has 0 saturated heterocycles. The summed E-state index contributed by atoms with van der Waals surface area (Å²) in [7, 11) is 0. The van der Waals surface area contributed by atoms with Gasteiger partial charge in [-0.3, -0.25) is 9.59 Å². The Labute approximate surface area is 120 Å². The van der Waals surface area contributed by atoms with Gasteiger partial charge in [0, 0.05) is 13.0 Å². The standard InChI is InChI=1S/C13H15N3O3S/c1-8-3-2-4-9-12(8)15-13(20-7-11(18)19)16(9)6-5-10(14)17/h2-4H,5-7H2,1H3,(H2,14,17)(H,18,19). The average Bonchev–Trinajstić information content (AvgIpc) is 2.73. The Morgan fingerprint density at radius 1 is 1.45 bits per heavy atom. The van der Waals surface area contributed by atoms with E-state index < -0.39 is 11.9 Å². The number of hydrogen-bond donors (Lipinski definition) is 2. The Bertz CT molecular complexity index is 666. The molecule has 6 nitrogen and oxygen atoms in total. The van der Waals surface area contributed by atoms with Crippen LogP contribution in [0.4, 0.5) is 0 Å². The minimum atomic E-state index is -0.903. The monoisotopic (exact) mass is 293 g/mol. The highest BCUT2D eigenvalue weighted by molar-refractivity contribution is 7.99. The van der Waals surface area contributed by atoms with Crippen molar-refractivity contribution in [1.29, 1.82) is 0 Å². The molecule has 0 aliphatic carbocycles. The summed E-state index contributed by atoms with van der Waals surface area (Å²) in [6.45, 7) is 2.34. The number of nitrogens with two attached hydrogens (primary N) is 1. The van der Waals surface area contributed by atoms with Crippen LogP contribution in [0.1, 0.15) is 12.0 Å². The second-order valence-electron chi connectivity index (χ2n) is 4.39. The summed E-state index contributed by atoms with van der Waals surface area (Å²) in [6, 6.07) is 5.76. The number of fused-ring (bicyclic) bond motifs is 1. The van der Waals surface area contributed by atoms with Gasteiger partial charge in [-0.2, -0.15) is 0 Å². The number of amides is 1. The molecule has 1 amide bonds. The molecule has 20 heavy (non-hydrogen) atoms. The Hall–Kier alpha value is -2.02. The first-order chi connectivity index (χ1) is 9.49. The highest BCUT2D eigenvalue weighted by atomic mass is 32.2. The van der Waals surface area contributed by atoms with Crippen molar-refractivity contribution >= 4 is 34.7 Å². The predicted octanol–water partition coefficient (Wildman–Crippen LogP) is 1.40. The lowest BCUT2D eigenvalue weighted by molar-refractivity contribution is -0.134. The first-order valence-corrected chi connectivity index (χ1v) is 7.06.